The van der Waals surface area contributed by atoms with Gasteiger partial charge >= 0.3 is 0 Å². The van der Waals surface area contributed by atoms with Crippen molar-refractivity contribution >= 4 is 15.9 Å². The van der Waals surface area contributed by atoms with E-state index in [1.165, 1.54) is 12.4 Å². The van der Waals surface area contributed by atoms with Crippen LogP contribution < -0.4 is 5.56 Å². The first-order valence-corrected chi connectivity index (χ1v) is 4.04. The minimum Gasteiger partial charge on any atom is -0.325 e. The third-order valence-electron chi connectivity index (χ3n) is 0.955. The van der Waals surface area contributed by atoms with Crippen molar-refractivity contribution in [3.8, 4) is 11.8 Å². The predicted octanol–water partition coefficient (Wildman–Crippen LogP) is 0.516. The fourth-order valence-electron chi connectivity index (χ4n) is 0.535. The van der Waals surface area contributed by atoms with Crippen LogP contribution in [0.1, 0.15) is 5.69 Å². The molecular weight excluding hydrogens is 208 g/mol. The Morgan fingerprint density at radius 3 is 3.09 bits per heavy atom. The van der Waals surface area contributed by atoms with Gasteiger partial charge in [0.1, 0.15) is 5.69 Å². The molecule has 0 saturated heterocycles. The van der Waals surface area contributed by atoms with Crippen LogP contribution in [-0.2, 0) is 0 Å². The first-order valence-electron chi connectivity index (χ1n) is 2.92. The van der Waals surface area contributed by atoms with Crippen molar-refractivity contribution < 1.29 is 0 Å². The van der Waals surface area contributed by atoms with Crippen molar-refractivity contribution in [1.29, 1.82) is 0 Å². The van der Waals surface area contributed by atoms with Gasteiger partial charge in [0.05, 0.1) is 11.5 Å². The van der Waals surface area contributed by atoms with E-state index in [2.05, 4.69) is 37.7 Å². The molecule has 11 heavy (non-hydrogen) atoms. The summed E-state index contributed by atoms with van der Waals surface area (Å²) < 4.78 is 0. The molecule has 0 fully saturated rings. The van der Waals surface area contributed by atoms with Crippen molar-refractivity contribution in [3.05, 3.63) is 28.4 Å². The lowest BCUT2D eigenvalue weighted by Crippen LogP contribution is -2.04. The summed E-state index contributed by atoms with van der Waals surface area (Å²) in [6, 6.07) is 0. The molecule has 0 radical (unpaired) electrons. The highest BCUT2D eigenvalue weighted by molar-refractivity contribution is 9.09. The van der Waals surface area contributed by atoms with Crippen molar-refractivity contribution in [2.75, 3.05) is 5.33 Å². The highest BCUT2D eigenvalue weighted by atomic mass is 79.9. The van der Waals surface area contributed by atoms with E-state index in [1.807, 2.05) is 0 Å². The molecule has 0 saturated carbocycles. The molecule has 4 heteroatoms. The van der Waals surface area contributed by atoms with Crippen LogP contribution in [0, 0.1) is 11.8 Å². The fraction of sp³-hybridized carbons (Fsp3) is 0.143. The topological polar surface area (TPSA) is 45.8 Å². The van der Waals surface area contributed by atoms with Crippen LogP contribution in [0.15, 0.2) is 17.2 Å². The van der Waals surface area contributed by atoms with Crippen LogP contribution in [0.5, 0.6) is 0 Å². The maximum atomic E-state index is 10.5. The SMILES string of the molecule is O=c1cnc(C#CCBr)c[nH]1. The van der Waals surface area contributed by atoms with Gasteiger partial charge in [-0.1, -0.05) is 21.9 Å². The summed E-state index contributed by atoms with van der Waals surface area (Å²) in [5.41, 5.74) is 0.360. The summed E-state index contributed by atoms with van der Waals surface area (Å²) in [5, 5.41) is 0.605. The molecule has 56 valence electrons. The Balaban J connectivity index is 2.90. The predicted molar refractivity (Wildman–Crippen MR) is 45.5 cm³/mol. The van der Waals surface area contributed by atoms with Crippen LogP contribution in [0.4, 0.5) is 0 Å². The molecule has 0 unspecified atom stereocenters. The Morgan fingerprint density at radius 1 is 1.73 bits per heavy atom. The maximum absolute atomic E-state index is 10.5. The number of hydrogen-bond acceptors (Lipinski definition) is 2. The van der Waals surface area contributed by atoms with Crippen LogP contribution in [0.2, 0.25) is 0 Å². The van der Waals surface area contributed by atoms with Crippen LogP contribution in [0.3, 0.4) is 0 Å². The Bertz CT molecular complexity index is 327. The Morgan fingerprint density at radius 2 is 2.55 bits per heavy atom. The molecule has 0 amide bonds. The van der Waals surface area contributed by atoms with Gasteiger partial charge in [-0.25, -0.2) is 4.98 Å². The lowest BCUT2D eigenvalue weighted by Gasteiger charge is -1.84. The number of nitrogens with one attached hydrogen (secondary N) is 1. The zero-order chi connectivity index (χ0) is 8.10. The monoisotopic (exact) mass is 212 g/mol. The smallest absolute Gasteiger partial charge is 0.266 e. The molecular formula is C7H5BrN2O. The number of halogens is 1. The van der Waals surface area contributed by atoms with E-state index in [-0.39, 0.29) is 5.56 Å². The molecule has 0 bridgehead atoms. The quantitative estimate of drug-likeness (QED) is 0.504. The molecule has 0 aliphatic carbocycles. The van der Waals surface area contributed by atoms with Crippen molar-refractivity contribution in [3.63, 3.8) is 0 Å². The van der Waals surface area contributed by atoms with Crippen LogP contribution >= 0.6 is 15.9 Å². The Hall–Kier alpha value is -1.08. The third-order valence-corrected chi connectivity index (χ3v) is 1.24. The van der Waals surface area contributed by atoms with Crippen LogP contribution in [-0.4, -0.2) is 15.3 Å². The molecule has 0 spiro atoms. The highest BCUT2D eigenvalue weighted by Crippen LogP contribution is 1.83. The van der Waals surface area contributed by atoms with Gasteiger partial charge in [0.2, 0.25) is 0 Å². The van der Waals surface area contributed by atoms with E-state index in [1.54, 1.807) is 0 Å². The summed E-state index contributed by atoms with van der Waals surface area (Å²) in [5.74, 6) is 5.51. The van der Waals surface area contributed by atoms with E-state index in [0.29, 0.717) is 11.0 Å². The van der Waals surface area contributed by atoms with Gasteiger partial charge in [0, 0.05) is 6.20 Å². The number of hydrogen-bond donors (Lipinski definition) is 1. The molecule has 0 aromatic carbocycles. The summed E-state index contributed by atoms with van der Waals surface area (Å²) in [6.45, 7) is 0. The standard InChI is InChI=1S/C7H5BrN2O/c8-3-1-2-6-4-10-7(11)5-9-6/h4-5H,3H2,(H,10,11). The second-order valence-corrected chi connectivity index (χ2v) is 2.29. The van der Waals surface area contributed by atoms with E-state index in [9.17, 15) is 4.79 Å². The van der Waals surface area contributed by atoms with E-state index < -0.39 is 0 Å². The van der Waals surface area contributed by atoms with Crippen molar-refractivity contribution in [2.24, 2.45) is 0 Å². The fourth-order valence-corrected chi connectivity index (χ4v) is 0.675. The molecule has 1 N–H and O–H groups in total. The molecule has 1 aromatic heterocycles. The average molecular weight is 213 g/mol. The van der Waals surface area contributed by atoms with Gasteiger partial charge in [-0.3, -0.25) is 4.79 Å². The molecule has 0 atom stereocenters. The molecule has 1 rings (SSSR count). The Kier molecular flexibility index (Phi) is 2.87. The van der Waals surface area contributed by atoms with E-state index >= 15 is 0 Å². The molecule has 0 aliphatic heterocycles. The summed E-state index contributed by atoms with van der Waals surface area (Å²) in [6.07, 6.45) is 2.69. The van der Waals surface area contributed by atoms with Gasteiger partial charge < -0.3 is 4.98 Å². The van der Waals surface area contributed by atoms with Gasteiger partial charge in [0.15, 0.2) is 0 Å². The number of aromatic amines is 1. The number of nitrogens with zero attached hydrogens (tertiary/aromatic N) is 1. The largest absolute Gasteiger partial charge is 0.325 e. The van der Waals surface area contributed by atoms with E-state index in [4.69, 9.17) is 0 Å². The number of aromatic nitrogens is 2. The van der Waals surface area contributed by atoms with Gasteiger partial charge in [-0.15, -0.1) is 0 Å². The summed E-state index contributed by atoms with van der Waals surface area (Å²) in [4.78, 5) is 16.8. The molecule has 1 aromatic rings. The molecule has 0 aliphatic rings. The summed E-state index contributed by atoms with van der Waals surface area (Å²) >= 11 is 3.15. The number of rotatable bonds is 0. The third kappa shape index (κ3) is 2.56. The molecule has 3 nitrogen and oxygen atoms in total. The van der Waals surface area contributed by atoms with Gasteiger partial charge in [-0.2, -0.15) is 0 Å². The lowest BCUT2D eigenvalue weighted by molar-refractivity contribution is 1.12. The van der Waals surface area contributed by atoms with Gasteiger partial charge in [-0.05, 0) is 5.92 Å². The number of alkyl halides is 1. The molecule has 1 heterocycles. The zero-order valence-electron chi connectivity index (χ0n) is 5.60. The average Bonchev–Trinajstić information content (AvgIpc) is 2.04. The minimum absolute atomic E-state index is 0.214. The lowest BCUT2D eigenvalue weighted by atomic mass is 10.4. The zero-order valence-corrected chi connectivity index (χ0v) is 7.18. The minimum atomic E-state index is -0.214. The Labute approximate surface area is 72.0 Å². The van der Waals surface area contributed by atoms with Gasteiger partial charge in [0.25, 0.3) is 5.56 Å². The second-order valence-electron chi connectivity index (χ2n) is 1.73. The first-order chi connectivity index (χ1) is 5.33. The highest BCUT2D eigenvalue weighted by Gasteiger charge is 1.85. The van der Waals surface area contributed by atoms with Crippen molar-refractivity contribution in [2.45, 2.75) is 0 Å². The number of H-pyrrole nitrogens is 1. The normalized spacial score (nSPS) is 8.45. The second kappa shape index (κ2) is 3.94. The first kappa shape index (κ1) is 8.02. The summed E-state index contributed by atoms with van der Waals surface area (Å²) in [7, 11) is 0. The van der Waals surface area contributed by atoms with Crippen molar-refractivity contribution in [1.82, 2.24) is 9.97 Å². The maximum Gasteiger partial charge on any atom is 0.266 e. The van der Waals surface area contributed by atoms with E-state index in [0.717, 1.165) is 0 Å². The van der Waals surface area contributed by atoms with Crippen LogP contribution in [0.25, 0.3) is 0 Å².